The van der Waals surface area contributed by atoms with E-state index in [0.717, 1.165) is 11.1 Å². The molecule has 0 aliphatic heterocycles. The van der Waals surface area contributed by atoms with E-state index in [-0.39, 0.29) is 18.6 Å². The van der Waals surface area contributed by atoms with E-state index in [1.54, 1.807) is 19.5 Å². The molecule has 5 heteroatoms. The number of carbonyl (C=O) groups excluding carboxylic acids is 1. The molecular weight excluding hydrogens is 280 g/mol. The topological polar surface area (TPSA) is 71.5 Å². The lowest BCUT2D eigenvalue weighted by molar-refractivity contribution is -0.122. The van der Waals surface area contributed by atoms with Crippen LogP contribution in [-0.2, 0) is 11.2 Å². The monoisotopic (exact) mass is 300 g/mol. The lowest BCUT2D eigenvalue weighted by Crippen LogP contribution is -2.30. The van der Waals surface area contributed by atoms with Gasteiger partial charge in [0.2, 0.25) is 5.91 Å². The molecule has 0 spiro atoms. The Morgan fingerprint density at radius 2 is 2.09 bits per heavy atom. The van der Waals surface area contributed by atoms with Crippen molar-refractivity contribution in [3.63, 3.8) is 0 Å². The molecule has 1 aromatic carbocycles. The Morgan fingerprint density at radius 3 is 2.77 bits per heavy atom. The lowest BCUT2D eigenvalue weighted by atomic mass is 10.1. The van der Waals surface area contributed by atoms with Gasteiger partial charge in [-0.05, 0) is 23.6 Å². The number of aliphatic hydroxyl groups is 1. The Bertz CT molecular complexity index is 602. The fourth-order valence-electron chi connectivity index (χ4n) is 2.16. The van der Waals surface area contributed by atoms with Crippen LogP contribution in [0.5, 0.6) is 5.75 Å². The third-order valence-corrected chi connectivity index (χ3v) is 3.37. The molecule has 0 radical (unpaired) electrons. The minimum atomic E-state index is -0.378. The van der Waals surface area contributed by atoms with E-state index >= 15 is 0 Å². The summed E-state index contributed by atoms with van der Waals surface area (Å²) in [6.45, 7) is -0.129. The molecule has 1 heterocycles. The van der Waals surface area contributed by atoms with Gasteiger partial charge >= 0.3 is 0 Å². The zero-order valence-corrected chi connectivity index (χ0v) is 12.5. The predicted octanol–water partition coefficient (Wildman–Crippen LogP) is 1.87. The van der Waals surface area contributed by atoms with E-state index in [2.05, 4.69) is 10.3 Å². The lowest BCUT2D eigenvalue weighted by Gasteiger charge is -2.16. The fourth-order valence-corrected chi connectivity index (χ4v) is 2.16. The Kier molecular flexibility index (Phi) is 5.91. The summed E-state index contributed by atoms with van der Waals surface area (Å²) in [4.78, 5) is 16.1. The normalized spacial score (nSPS) is 11.7. The third-order valence-electron chi connectivity index (χ3n) is 3.37. The minimum Gasteiger partial charge on any atom is -0.495 e. The van der Waals surface area contributed by atoms with Crippen LogP contribution in [0.25, 0.3) is 0 Å². The highest BCUT2D eigenvalue weighted by atomic mass is 16.5. The average Bonchev–Trinajstić information content (AvgIpc) is 2.58. The van der Waals surface area contributed by atoms with Crippen molar-refractivity contribution in [2.75, 3.05) is 13.7 Å². The van der Waals surface area contributed by atoms with Crippen LogP contribution in [0.2, 0.25) is 0 Å². The Labute approximate surface area is 130 Å². The second-order valence-electron chi connectivity index (χ2n) is 4.95. The highest BCUT2D eigenvalue weighted by Gasteiger charge is 2.13. The summed E-state index contributed by atoms with van der Waals surface area (Å²) in [7, 11) is 1.58. The summed E-state index contributed by atoms with van der Waals surface area (Å²) in [6, 6.07) is 10.9. The minimum absolute atomic E-state index is 0.106. The summed E-state index contributed by atoms with van der Waals surface area (Å²) < 4.78 is 5.11. The number of benzene rings is 1. The maximum absolute atomic E-state index is 12.0. The second-order valence-corrected chi connectivity index (χ2v) is 4.95. The van der Waals surface area contributed by atoms with Gasteiger partial charge < -0.3 is 15.2 Å². The summed E-state index contributed by atoms with van der Waals surface area (Å²) in [5.74, 6) is 0.571. The maximum Gasteiger partial charge on any atom is 0.220 e. The number of aryl methyl sites for hydroxylation is 1. The van der Waals surface area contributed by atoms with Crippen molar-refractivity contribution in [3.8, 4) is 5.75 Å². The van der Waals surface area contributed by atoms with E-state index in [4.69, 9.17) is 4.74 Å². The van der Waals surface area contributed by atoms with Gasteiger partial charge in [0.1, 0.15) is 5.75 Å². The summed E-state index contributed by atoms with van der Waals surface area (Å²) >= 11 is 0. The number of nitrogens with zero attached hydrogens (tertiary/aromatic N) is 1. The molecule has 1 amide bonds. The fraction of sp³-hybridized carbons (Fsp3) is 0.294. The Hall–Kier alpha value is -2.40. The first-order chi connectivity index (χ1) is 10.7. The van der Waals surface area contributed by atoms with Gasteiger partial charge in [0.05, 0.1) is 26.0 Å². The number of hydrogen-bond acceptors (Lipinski definition) is 4. The van der Waals surface area contributed by atoms with Crippen LogP contribution in [0.15, 0.2) is 48.8 Å². The molecule has 0 aliphatic carbocycles. The Balaban J connectivity index is 1.89. The molecular formula is C17H20N2O3. The second kappa shape index (κ2) is 8.14. The first-order valence-electron chi connectivity index (χ1n) is 7.16. The molecule has 0 fully saturated rings. The van der Waals surface area contributed by atoms with Gasteiger partial charge in [-0.25, -0.2) is 0 Å². The van der Waals surface area contributed by atoms with Gasteiger partial charge in [0.25, 0.3) is 0 Å². The van der Waals surface area contributed by atoms with Gasteiger partial charge in [0.15, 0.2) is 0 Å². The van der Waals surface area contributed by atoms with Crippen LogP contribution in [-0.4, -0.2) is 29.7 Å². The number of aromatic nitrogens is 1. The molecule has 2 aromatic rings. The molecule has 0 bridgehead atoms. The quantitative estimate of drug-likeness (QED) is 0.819. The van der Waals surface area contributed by atoms with Gasteiger partial charge in [-0.1, -0.05) is 30.3 Å². The molecule has 0 saturated carbocycles. The Morgan fingerprint density at radius 1 is 1.32 bits per heavy atom. The molecule has 116 valence electrons. The molecule has 1 atom stereocenters. The standard InChI is InChI=1S/C17H20N2O3/c1-22-15-9-13(10-18-11-15)7-8-17(21)19-16(12-20)14-5-3-2-4-6-14/h2-6,9-11,16,20H,7-8,12H2,1H3,(H,19,21). The highest BCUT2D eigenvalue weighted by molar-refractivity contribution is 5.76. The largest absolute Gasteiger partial charge is 0.495 e. The van der Waals surface area contributed by atoms with E-state index < -0.39 is 0 Å². The third kappa shape index (κ3) is 4.56. The molecule has 1 aromatic heterocycles. The number of methoxy groups -OCH3 is 1. The van der Waals surface area contributed by atoms with Crippen molar-refractivity contribution in [3.05, 3.63) is 59.9 Å². The molecule has 1 unspecified atom stereocenters. The number of nitrogens with one attached hydrogen (secondary N) is 1. The first kappa shape index (κ1) is 16.0. The number of aliphatic hydroxyl groups excluding tert-OH is 1. The van der Waals surface area contributed by atoms with Crippen LogP contribution in [0.1, 0.15) is 23.6 Å². The van der Waals surface area contributed by atoms with Crippen molar-refractivity contribution in [2.24, 2.45) is 0 Å². The molecule has 0 aliphatic rings. The number of ether oxygens (including phenoxy) is 1. The average molecular weight is 300 g/mol. The summed E-state index contributed by atoms with van der Waals surface area (Å²) in [5.41, 5.74) is 1.83. The smallest absolute Gasteiger partial charge is 0.220 e. The number of carbonyl (C=O) groups is 1. The van der Waals surface area contributed by atoms with Crippen molar-refractivity contribution < 1.29 is 14.6 Å². The van der Waals surface area contributed by atoms with Crippen molar-refractivity contribution >= 4 is 5.91 Å². The van der Waals surface area contributed by atoms with Crippen molar-refractivity contribution in [2.45, 2.75) is 18.9 Å². The molecule has 2 N–H and O–H groups in total. The number of hydrogen-bond donors (Lipinski definition) is 2. The van der Waals surface area contributed by atoms with Crippen LogP contribution in [0, 0.1) is 0 Å². The number of rotatable bonds is 7. The van der Waals surface area contributed by atoms with E-state index in [1.165, 1.54) is 0 Å². The van der Waals surface area contributed by atoms with E-state index in [0.29, 0.717) is 18.6 Å². The van der Waals surface area contributed by atoms with Crippen molar-refractivity contribution in [1.29, 1.82) is 0 Å². The maximum atomic E-state index is 12.0. The van der Waals surface area contributed by atoms with Crippen LogP contribution < -0.4 is 10.1 Å². The number of pyridine rings is 1. The van der Waals surface area contributed by atoms with E-state index in [9.17, 15) is 9.90 Å². The van der Waals surface area contributed by atoms with Crippen LogP contribution in [0.3, 0.4) is 0 Å². The zero-order chi connectivity index (χ0) is 15.8. The first-order valence-corrected chi connectivity index (χ1v) is 7.16. The van der Waals surface area contributed by atoms with Gasteiger partial charge in [0, 0.05) is 12.6 Å². The van der Waals surface area contributed by atoms with Crippen molar-refractivity contribution in [1.82, 2.24) is 10.3 Å². The van der Waals surface area contributed by atoms with Gasteiger partial charge in [-0.2, -0.15) is 0 Å². The van der Waals surface area contributed by atoms with Gasteiger partial charge in [-0.3, -0.25) is 9.78 Å². The molecule has 0 saturated heterocycles. The zero-order valence-electron chi connectivity index (χ0n) is 12.5. The van der Waals surface area contributed by atoms with E-state index in [1.807, 2.05) is 36.4 Å². The summed E-state index contributed by atoms with van der Waals surface area (Å²) in [6.07, 6.45) is 4.25. The summed E-state index contributed by atoms with van der Waals surface area (Å²) in [5, 5.41) is 12.3. The molecule has 5 nitrogen and oxygen atoms in total. The predicted molar refractivity (Wildman–Crippen MR) is 83.5 cm³/mol. The molecule has 2 rings (SSSR count). The molecule has 22 heavy (non-hydrogen) atoms. The highest BCUT2D eigenvalue weighted by Crippen LogP contribution is 2.14. The van der Waals surface area contributed by atoms with Gasteiger partial charge in [-0.15, -0.1) is 0 Å². The van der Waals surface area contributed by atoms with Crippen LogP contribution in [0.4, 0.5) is 0 Å². The number of amides is 1. The van der Waals surface area contributed by atoms with Crippen LogP contribution >= 0.6 is 0 Å². The SMILES string of the molecule is COc1cncc(CCC(=O)NC(CO)c2ccccc2)c1.